The van der Waals surface area contributed by atoms with E-state index in [0.717, 1.165) is 19.6 Å². The van der Waals surface area contributed by atoms with E-state index in [1.807, 2.05) is 0 Å². The lowest BCUT2D eigenvalue weighted by Gasteiger charge is -2.17. The molecule has 0 saturated heterocycles. The van der Waals surface area contributed by atoms with E-state index >= 15 is 0 Å². The van der Waals surface area contributed by atoms with Crippen molar-refractivity contribution in [3.05, 3.63) is 59.9 Å². The molecule has 0 aliphatic carbocycles. The normalized spacial score (nSPS) is 10.8. The third-order valence-corrected chi connectivity index (χ3v) is 3.78. The van der Waals surface area contributed by atoms with Gasteiger partial charge in [0.2, 0.25) is 0 Å². The Morgan fingerprint density at radius 3 is 2.00 bits per heavy atom. The van der Waals surface area contributed by atoms with E-state index in [4.69, 9.17) is 4.74 Å². The van der Waals surface area contributed by atoms with Crippen molar-refractivity contribution in [2.45, 2.75) is 20.3 Å². The highest BCUT2D eigenvalue weighted by atomic mass is 19.1. The van der Waals surface area contributed by atoms with Crippen molar-refractivity contribution >= 4 is 5.78 Å². The molecule has 0 N–H and O–H groups in total. The van der Waals surface area contributed by atoms with E-state index < -0.39 is 0 Å². The summed E-state index contributed by atoms with van der Waals surface area (Å²) in [6.45, 7) is 6.87. The summed E-state index contributed by atoms with van der Waals surface area (Å²) < 4.78 is 18.5. The maximum atomic E-state index is 12.9. The largest absolute Gasteiger partial charge is 0.457 e. The quantitative estimate of drug-likeness (QED) is 0.670. The van der Waals surface area contributed by atoms with Gasteiger partial charge in [0.05, 0.1) is 0 Å². The van der Waals surface area contributed by atoms with Gasteiger partial charge in [-0.25, -0.2) is 4.39 Å². The van der Waals surface area contributed by atoms with Gasteiger partial charge in [-0.3, -0.25) is 4.79 Å². The van der Waals surface area contributed by atoms with Crippen molar-refractivity contribution in [2.75, 3.05) is 19.6 Å². The molecule has 23 heavy (non-hydrogen) atoms. The number of Topliss-reactive ketones (excluding diaryl/α,β-unsaturated/α-hetero) is 1. The number of hydrogen-bond donors (Lipinski definition) is 0. The fourth-order valence-electron chi connectivity index (χ4n) is 2.29. The molecule has 3 nitrogen and oxygen atoms in total. The highest BCUT2D eigenvalue weighted by molar-refractivity contribution is 5.96. The van der Waals surface area contributed by atoms with Crippen LogP contribution in [0.15, 0.2) is 48.5 Å². The van der Waals surface area contributed by atoms with Gasteiger partial charge in [-0.15, -0.1) is 0 Å². The Bertz CT molecular complexity index is 619. The predicted octanol–water partition coefficient (Wildman–Crippen LogP) is 4.53. The molecule has 4 heteroatoms. The lowest BCUT2D eigenvalue weighted by Crippen LogP contribution is -2.25. The van der Waals surface area contributed by atoms with Gasteiger partial charge in [0.1, 0.15) is 17.3 Å². The summed E-state index contributed by atoms with van der Waals surface area (Å²) in [6, 6.07) is 12.9. The summed E-state index contributed by atoms with van der Waals surface area (Å²) >= 11 is 0. The lowest BCUT2D eigenvalue weighted by atomic mass is 10.1. The van der Waals surface area contributed by atoms with Crippen LogP contribution in [-0.4, -0.2) is 30.3 Å². The third kappa shape index (κ3) is 5.18. The molecule has 2 rings (SSSR count). The summed E-state index contributed by atoms with van der Waals surface area (Å²) in [4.78, 5) is 14.4. The average Bonchev–Trinajstić information content (AvgIpc) is 2.58. The molecule has 0 bridgehead atoms. The summed E-state index contributed by atoms with van der Waals surface area (Å²) in [5.41, 5.74) is 0.684. The van der Waals surface area contributed by atoms with Crippen LogP contribution < -0.4 is 4.74 Å². The molecule has 2 aromatic rings. The molecule has 0 radical (unpaired) electrons. The van der Waals surface area contributed by atoms with Crippen LogP contribution in [0.1, 0.15) is 30.6 Å². The van der Waals surface area contributed by atoms with Crippen molar-refractivity contribution in [3.8, 4) is 11.5 Å². The molecule has 0 heterocycles. The second kappa shape index (κ2) is 8.44. The monoisotopic (exact) mass is 315 g/mol. The molecule has 0 aliphatic heterocycles. The Kier molecular flexibility index (Phi) is 6.29. The number of halogens is 1. The zero-order valence-corrected chi connectivity index (χ0v) is 13.6. The molecular formula is C19H22FNO2. The second-order valence-corrected chi connectivity index (χ2v) is 5.28. The molecule has 0 fully saturated rings. The Hall–Kier alpha value is -2.20. The lowest BCUT2D eigenvalue weighted by molar-refractivity contribution is 0.0966. The van der Waals surface area contributed by atoms with Gasteiger partial charge in [-0.2, -0.15) is 0 Å². The topological polar surface area (TPSA) is 29.5 Å². The van der Waals surface area contributed by atoms with Gasteiger partial charge < -0.3 is 9.64 Å². The summed E-state index contributed by atoms with van der Waals surface area (Å²) in [7, 11) is 0. The first-order chi connectivity index (χ1) is 11.1. The van der Waals surface area contributed by atoms with Gasteiger partial charge in [-0.05, 0) is 61.6 Å². The zero-order chi connectivity index (χ0) is 16.7. The standard InChI is InChI=1S/C19H22FNO2/c1-3-21(4-2)14-13-19(22)15-5-9-17(10-6-15)23-18-11-7-16(20)8-12-18/h5-12H,3-4,13-14H2,1-2H3. The molecule has 0 saturated carbocycles. The number of carbonyl (C=O) groups excluding carboxylic acids is 1. The first kappa shape index (κ1) is 17.2. The van der Waals surface area contributed by atoms with E-state index in [0.29, 0.717) is 23.5 Å². The number of carbonyl (C=O) groups is 1. The second-order valence-electron chi connectivity index (χ2n) is 5.28. The molecule has 0 aliphatic rings. The number of benzene rings is 2. The van der Waals surface area contributed by atoms with Gasteiger partial charge in [0.15, 0.2) is 5.78 Å². The summed E-state index contributed by atoms with van der Waals surface area (Å²) in [6.07, 6.45) is 0.514. The smallest absolute Gasteiger partial charge is 0.164 e. The fraction of sp³-hybridized carbons (Fsp3) is 0.316. The minimum atomic E-state index is -0.300. The van der Waals surface area contributed by atoms with Gasteiger partial charge >= 0.3 is 0 Å². The van der Waals surface area contributed by atoms with Crippen LogP contribution in [0.4, 0.5) is 4.39 Å². The Balaban J connectivity index is 1.93. The van der Waals surface area contributed by atoms with Crippen LogP contribution in [0.25, 0.3) is 0 Å². The SMILES string of the molecule is CCN(CC)CCC(=O)c1ccc(Oc2ccc(F)cc2)cc1. The van der Waals surface area contributed by atoms with Crippen molar-refractivity contribution in [2.24, 2.45) is 0 Å². The first-order valence-corrected chi connectivity index (χ1v) is 7.91. The molecule has 0 amide bonds. The van der Waals surface area contributed by atoms with Crippen LogP contribution in [0.3, 0.4) is 0 Å². The number of rotatable bonds is 8. The van der Waals surface area contributed by atoms with Crippen LogP contribution in [0.2, 0.25) is 0 Å². The third-order valence-electron chi connectivity index (χ3n) is 3.78. The average molecular weight is 315 g/mol. The van der Waals surface area contributed by atoms with Crippen LogP contribution >= 0.6 is 0 Å². The van der Waals surface area contributed by atoms with Crippen LogP contribution in [0, 0.1) is 5.82 Å². The molecule has 122 valence electrons. The van der Waals surface area contributed by atoms with E-state index in [2.05, 4.69) is 18.7 Å². The maximum absolute atomic E-state index is 12.9. The summed E-state index contributed by atoms with van der Waals surface area (Å²) in [5.74, 6) is 1.01. The molecular weight excluding hydrogens is 293 g/mol. The van der Waals surface area contributed by atoms with E-state index in [9.17, 15) is 9.18 Å². The minimum absolute atomic E-state index is 0.130. The molecule has 0 aromatic heterocycles. The number of nitrogens with zero attached hydrogens (tertiary/aromatic N) is 1. The highest BCUT2D eigenvalue weighted by Gasteiger charge is 2.08. The Labute approximate surface area is 136 Å². The van der Waals surface area contributed by atoms with E-state index in [1.165, 1.54) is 12.1 Å². The van der Waals surface area contributed by atoms with Crippen LogP contribution in [0.5, 0.6) is 11.5 Å². The van der Waals surface area contributed by atoms with Crippen LogP contribution in [-0.2, 0) is 0 Å². The van der Waals surface area contributed by atoms with Crippen molar-refractivity contribution in [1.82, 2.24) is 4.90 Å². The number of ether oxygens (including phenoxy) is 1. The van der Waals surface area contributed by atoms with E-state index in [1.54, 1.807) is 36.4 Å². The van der Waals surface area contributed by atoms with Gasteiger partial charge in [0, 0.05) is 18.5 Å². The van der Waals surface area contributed by atoms with Crippen molar-refractivity contribution in [3.63, 3.8) is 0 Å². The Morgan fingerprint density at radius 2 is 1.48 bits per heavy atom. The number of ketones is 1. The van der Waals surface area contributed by atoms with Crippen molar-refractivity contribution < 1.29 is 13.9 Å². The van der Waals surface area contributed by atoms with Gasteiger partial charge in [-0.1, -0.05) is 13.8 Å². The highest BCUT2D eigenvalue weighted by Crippen LogP contribution is 2.22. The molecule has 0 unspecified atom stereocenters. The first-order valence-electron chi connectivity index (χ1n) is 7.91. The van der Waals surface area contributed by atoms with Gasteiger partial charge in [0.25, 0.3) is 0 Å². The fourth-order valence-corrected chi connectivity index (χ4v) is 2.29. The molecule has 0 spiro atoms. The predicted molar refractivity (Wildman–Crippen MR) is 89.7 cm³/mol. The Morgan fingerprint density at radius 1 is 0.957 bits per heavy atom. The van der Waals surface area contributed by atoms with E-state index in [-0.39, 0.29) is 11.6 Å². The maximum Gasteiger partial charge on any atom is 0.164 e. The molecule has 0 atom stereocenters. The van der Waals surface area contributed by atoms with Crippen molar-refractivity contribution in [1.29, 1.82) is 0 Å². The zero-order valence-electron chi connectivity index (χ0n) is 13.6. The minimum Gasteiger partial charge on any atom is -0.457 e. The molecule has 2 aromatic carbocycles. The summed E-state index contributed by atoms with van der Waals surface area (Å²) in [5, 5.41) is 0. The number of hydrogen-bond acceptors (Lipinski definition) is 3.